The third-order valence-electron chi connectivity index (χ3n) is 3.59. The van der Waals surface area contributed by atoms with Gasteiger partial charge < -0.3 is 9.47 Å². The van der Waals surface area contributed by atoms with E-state index in [1.807, 2.05) is 6.07 Å². The van der Waals surface area contributed by atoms with Crippen molar-refractivity contribution in [3.05, 3.63) is 23.8 Å². The molecule has 0 aromatic heterocycles. The molecule has 0 spiro atoms. The van der Waals surface area contributed by atoms with Crippen molar-refractivity contribution in [3.63, 3.8) is 0 Å². The Morgan fingerprint density at radius 3 is 2.32 bits per heavy atom. The van der Waals surface area contributed by atoms with Crippen molar-refractivity contribution in [2.24, 2.45) is 0 Å². The SMILES string of the molecule is [B]C(C)S(C)(C)CCCc1ccc(OC)c(OC)c1. The highest BCUT2D eigenvalue weighted by atomic mass is 32.3. The third-order valence-corrected chi connectivity index (χ3v) is 6.94. The molecule has 0 aliphatic rings. The lowest BCUT2D eigenvalue weighted by molar-refractivity contribution is 0.354. The van der Waals surface area contributed by atoms with Crippen LogP contribution in [0.4, 0.5) is 0 Å². The highest BCUT2D eigenvalue weighted by Crippen LogP contribution is 2.44. The van der Waals surface area contributed by atoms with E-state index in [0.717, 1.165) is 17.9 Å². The van der Waals surface area contributed by atoms with Gasteiger partial charge in [0.25, 0.3) is 0 Å². The molecule has 1 atom stereocenters. The van der Waals surface area contributed by atoms with Crippen LogP contribution in [0, 0.1) is 0 Å². The highest BCUT2D eigenvalue weighted by Gasteiger charge is 2.15. The maximum Gasteiger partial charge on any atom is 0.160 e. The van der Waals surface area contributed by atoms with Crippen molar-refractivity contribution in [2.45, 2.75) is 24.9 Å². The molecule has 106 valence electrons. The van der Waals surface area contributed by atoms with Crippen LogP contribution in [0.2, 0.25) is 0 Å². The summed E-state index contributed by atoms with van der Waals surface area (Å²) in [6.07, 6.45) is 6.85. The van der Waals surface area contributed by atoms with Crippen LogP contribution in [-0.4, -0.2) is 45.5 Å². The van der Waals surface area contributed by atoms with Crippen LogP contribution in [0.3, 0.4) is 0 Å². The fourth-order valence-corrected chi connectivity index (χ4v) is 3.13. The van der Waals surface area contributed by atoms with E-state index in [0.29, 0.717) is 5.15 Å². The number of hydrogen-bond acceptors (Lipinski definition) is 2. The maximum atomic E-state index is 6.03. The molecule has 2 radical (unpaired) electrons. The topological polar surface area (TPSA) is 18.5 Å². The summed E-state index contributed by atoms with van der Waals surface area (Å²) < 4.78 is 10.6. The van der Waals surface area contributed by atoms with Gasteiger partial charge in [-0.15, -0.1) is 0 Å². The quantitative estimate of drug-likeness (QED) is 0.714. The van der Waals surface area contributed by atoms with E-state index in [1.165, 1.54) is 17.7 Å². The Bertz CT molecular complexity index is 405. The van der Waals surface area contributed by atoms with Crippen LogP contribution >= 0.6 is 10.0 Å². The zero-order valence-electron chi connectivity index (χ0n) is 12.7. The van der Waals surface area contributed by atoms with E-state index >= 15 is 0 Å². The minimum absolute atomic E-state index is 0.304. The van der Waals surface area contributed by atoms with Crippen molar-refractivity contribution in [2.75, 3.05) is 32.5 Å². The Morgan fingerprint density at radius 2 is 1.79 bits per heavy atom. The van der Waals surface area contributed by atoms with Crippen molar-refractivity contribution < 1.29 is 9.47 Å². The van der Waals surface area contributed by atoms with Gasteiger partial charge in [-0.25, -0.2) is 0 Å². The summed E-state index contributed by atoms with van der Waals surface area (Å²) in [7, 11) is 8.69. The first-order valence-electron chi connectivity index (χ1n) is 6.57. The molecule has 1 rings (SSSR count). The second-order valence-electron chi connectivity index (χ2n) is 5.33. The molecule has 2 nitrogen and oxygen atoms in total. The first-order valence-corrected chi connectivity index (χ1v) is 9.25. The summed E-state index contributed by atoms with van der Waals surface area (Å²) in [6, 6.07) is 6.14. The summed E-state index contributed by atoms with van der Waals surface area (Å²) >= 11 is 0. The number of rotatable bonds is 7. The lowest BCUT2D eigenvalue weighted by atomic mass is 10.1. The van der Waals surface area contributed by atoms with Crippen molar-refractivity contribution in [1.29, 1.82) is 0 Å². The average Bonchev–Trinajstić information content (AvgIpc) is 2.38. The molecule has 0 bridgehead atoms. The van der Waals surface area contributed by atoms with Crippen molar-refractivity contribution in [3.8, 4) is 11.5 Å². The van der Waals surface area contributed by atoms with Crippen LogP contribution in [0.5, 0.6) is 11.5 Å². The Labute approximate surface area is 120 Å². The average molecular weight is 280 g/mol. The second-order valence-corrected chi connectivity index (χ2v) is 9.72. The van der Waals surface area contributed by atoms with Gasteiger partial charge >= 0.3 is 0 Å². The van der Waals surface area contributed by atoms with Gasteiger partial charge in [-0.3, -0.25) is 10.0 Å². The molecule has 0 aliphatic carbocycles. The van der Waals surface area contributed by atoms with E-state index in [1.54, 1.807) is 14.2 Å². The fourth-order valence-electron chi connectivity index (χ4n) is 1.87. The predicted octanol–water partition coefficient (Wildman–Crippen LogP) is 3.22. The molecule has 0 N–H and O–H groups in total. The molecule has 0 fully saturated rings. The van der Waals surface area contributed by atoms with Gasteiger partial charge in [-0.1, -0.05) is 18.1 Å². The number of methoxy groups -OCH3 is 2. The lowest BCUT2D eigenvalue weighted by Crippen LogP contribution is -2.16. The molecule has 4 heteroatoms. The monoisotopic (exact) mass is 280 g/mol. The molecular weight excluding hydrogens is 255 g/mol. The maximum absolute atomic E-state index is 6.03. The van der Waals surface area contributed by atoms with Gasteiger partial charge in [0.15, 0.2) is 11.5 Å². The second kappa shape index (κ2) is 7.13. The Hall–Kier alpha value is -0.765. The molecular formula is C15H25BO2S. The van der Waals surface area contributed by atoms with Crippen LogP contribution in [0.25, 0.3) is 0 Å². The summed E-state index contributed by atoms with van der Waals surface area (Å²) in [5, 5.41) is 0.304. The minimum Gasteiger partial charge on any atom is -0.493 e. The van der Waals surface area contributed by atoms with Gasteiger partial charge in [0, 0.05) is 0 Å². The molecule has 0 aliphatic heterocycles. The number of benzene rings is 1. The zero-order chi connectivity index (χ0) is 14.5. The molecule has 1 unspecified atom stereocenters. The Morgan fingerprint density at radius 1 is 1.16 bits per heavy atom. The number of hydrogen-bond donors (Lipinski definition) is 0. The minimum atomic E-state index is -0.675. The summed E-state index contributed by atoms with van der Waals surface area (Å²) in [4.78, 5) is 0. The normalized spacial score (nSPS) is 13.9. The molecule has 1 aromatic rings. The summed E-state index contributed by atoms with van der Waals surface area (Å²) in [5.41, 5.74) is 1.29. The van der Waals surface area contributed by atoms with Gasteiger partial charge in [-0.2, -0.15) is 0 Å². The molecule has 1 aromatic carbocycles. The molecule has 0 heterocycles. The Balaban J connectivity index is 2.59. The molecule has 19 heavy (non-hydrogen) atoms. The van der Waals surface area contributed by atoms with Crippen LogP contribution in [0.1, 0.15) is 18.9 Å². The van der Waals surface area contributed by atoms with Gasteiger partial charge in [0.05, 0.1) is 22.1 Å². The van der Waals surface area contributed by atoms with Gasteiger partial charge in [-0.05, 0) is 48.8 Å². The summed E-state index contributed by atoms with van der Waals surface area (Å²) in [5.74, 6) is 2.80. The highest BCUT2D eigenvalue weighted by molar-refractivity contribution is 8.33. The van der Waals surface area contributed by atoms with E-state index in [-0.39, 0.29) is 0 Å². The van der Waals surface area contributed by atoms with Gasteiger partial charge in [0.2, 0.25) is 0 Å². The molecule has 0 amide bonds. The standard InChI is InChI=1S/C15H25BO2S/c1-12(16)19(4,5)10-6-7-13-8-9-14(17-2)15(11-13)18-3/h8-9,11-12H,6-7,10H2,1-5H3. The van der Waals surface area contributed by atoms with Crippen LogP contribution in [0.15, 0.2) is 18.2 Å². The van der Waals surface area contributed by atoms with Crippen molar-refractivity contribution in [1.82, 2.24) is 0 Å². The van der Waals surface area contributed by atoms with Crippen LogP contribution in [-0.2, 0) is 6.42 Å². The smallest absolute Gasteiger partial charge is 0.160 e. The molecule has 0 saturated carbocycles. The van der Waals surface area contributed by atoms with E-state index in [9.17, 15) is 0 Å². The third kappa shape index (κ3) is 4.68. The number of aryl methyl sites for hydroxylation is 1. The Kier molecular flexibility index (Phi) is 6.12. The predicted molar refractivity (Wildman–Crippen MR) is 87.4 cm³/mol. The zero-order valence-corrected chi connectivity index (χ0v) is 13.5. The first kappa shape index (κ1) is 16.3. The fraction of sp³-hybridized carbons (Fsp3) is 0.600. The van der Waals surface area contributed by atoms with Crippen LogP contribution < -0.4 is 9.47 Å². The van der Waals surface area contributed by atoms with E-state index in [2.05, 4.69) is 31.6 Å². The summed E-state index contributed by atoms with van der Waals surface area (Å²) in [6.45, 7) is 2.12. The van der Waals surface area contributed by atoms with Gasteiger partial charge in [0.1, 0.15) is 0 Å². The van der Waals surface area contributed by atoms with E-state index < -0.39 is 10.0 Å². The number of ether oxygens (including phenoxy) is 2. The largest absolute Gasteiger partial charge is 0.493 e. The van der Waals surface area contributed by atoms with Crippen molar-refractivity contribution >= 4 is 17.9 Å². The molecule has 0 saturated heterocycles. The first-order chi connectivity index (χ1) is 8.90. The lowest BCUT2D eigenvalue weighted by Gasteiger charge is -2.36. The van der Waals surface area contributed by atoms with E-state index in [4.69, 9.17) is 17.3 Å².